The molecular formula is C13H6Br2ClF3. The molecule has 0 fully saturated rings. The molecule has 19 heavy (non-hydrogen) atoms. The molecule has 0 spiro atoms. The second kappa shape index (κ2) is 5.46. The van der Waals surface area contributed by atoms with Crippen LogP contribution >= 0.6 is 43.5 Å². The van der Waals surface area contributed by atoms with Crippen LogP contribution in [0.3, 0.4) is 0 Å². The van der Waals surface area contributed by atoms with Crippen molar-refractivity contribution in [2.45, 2.75) is 6.18 Å². The van der Waals surface area contributed by atoms with E-state index in [-0.39, 0.29) is 0 Å². The Hall–Kier alpha value is -0.520. The van der Waals surface area contributed by atoms with Crippen molar-refractivity contribution in [2.75, 3.05) is 0 Å². The van der Waals surface area contributed by atoms with Crippen LogP contribution in [0.1, 0.15) is 5.56 Å². The summed E-state index contributed by atoms with van der Waals surface area (Å²) in [7, 11) is 0. The highest BCUT2D eigenvalue weighted by Gasteiger charge is 2.31. The molecule has 0 radical (unpaired) electrons. The fourth-order valence-corrected chi connectivity index (χ4v) is 3.20. The first-order valence-electron chi connectivity index (χ1n) is 5.12. The Morgan fingerprint density at radius 3 is 2.16 bits per heavy atom. The van der Waals surface area contributed by atoms with E-state index in [1.807, 2.05) is 0 Å². The third kappa shape index (κ3) is 3.15. The minimum atomic E-state index is -4.36. The fraction of sp³-hybridized carbons (Fsp3) is 0.0769. The summed E-state index contributed by atoms with van der Waals surface area (Å²) in [4.78, 5) is 0. The van der Waals surface area contributed by atoms with Crippen LogP contribution < -0.4 is 0 Å². The first kappa shape index (κ1) is 14.9. The number of benzene rings is 2. The summed E-state index contributed by atoms with van der Waals surface area (Å²) in [6, 6.07) is 8.71. The quantitative estimate of drug-likeness (QED) is 0.496. The molecule has 100 valence electrons. The molecule has 0 N–H and O–H groups in total. The number of halogens is 6. The predicted molar refractivity (Wildman–Crippen MR) is 77.3 cm³/mol. The van der Waals surface area contributed by atoms with E-state index in [1.54, 1.807) is 18.2 Å². The largest absolute Gasteiger partial charge is 0.416 e. The summed E-state index contributed by atoms with van der Waals surface area (Å²) in [5, 5.41) is 0.467. The first-order chi connectivity index (χ1) is 8.80. The number of rotatable bonds is 1. The van der Waals surface area contributed by atoms with Gasteiger partial charge in [0.25, 0.3) is 0 Å². The van der Waals surface area contributed by atoms with Gasteiger partial charge in [0.1, 0.15) is 0 Å². The maximum absolute atomic E-state index is 12.6. The average molecular weight is 414 g/mol. The number of hydrogen-bond donors (Lipinski definition) is 0. The lowest BCUT2D eigenvalue weighted by molar-refractivity contribution is -0.137. The number of hydrogen-bond acceptors (Lipinski definition) is 0. The highest BCUT2D eigenvalue weighted by Crippen LogP contribution is 2.41. The van der Waals surface area contributed by atoms with Crippen molar-refractivity contribution < 1.29 is 13.2 Å². The molecule has 6 heteroatoms. The zero-order valence-corrected chi connectivity index (χ0v) is 13.2. The Bertz CT molecular complexity index is 604. The van der Waals surface area contributed by atoms with E-state index in [0.717, 1.165) is 16.6 Å². The van der Waals surface area contributed by atoms with Gasteiger partial charge in [0.15, 0.2) is 0 Å². The van der Waals surface area contributed by atoms with Crippen molar-refractivity contribution >= 4 is 43.5 Å². The van der Waals surface area contributed by atoms with Crippen molar-refractivity contribution in [2.24, 2.45) is 0 Å². The summed E-state index contributed by atoms with van der Waals surface area (Å²) < 4.78 is 38.9. The summed E-state index contributed by atoms with van der Waals surface area (Å²) in [6.45, 7) is 0. The normalized spacial score (nSPS) is 11.7. The minimum Gasteiger partial charge on any atom is -0.166 e. The van der Waals surface area contributed by atoms with Crippen LogP contribution in [0.5, 0.6) is 0 Å². The second-order valence-corrected chi connectivity index (χ2v) is 5.90. The molecule has 0 saturated carbocycles. The topological polar surface area (TPSA) is 0 Å². The molecule has 0 nitrogen and oxygen atoms in total. The van der Waals surface area contributed by atoms with E-state index in [0.29, 0.717) is 20.6 Å². The Balaban J connectivity index is 2.59. The lowest BCUT2D eigenvalue weighted by Crippen LogP contribution is -2.04. The van der Waals surface area contributed by atoms with Crippen molar-refractivity contribution in [1.82, 2.24) is 0 Å². The van der Waals surface area contributed by atoms with Crippen LogP contribution in [0.15, 0.2) is 45.3 Å². The summed E-state index contributed by atoms with van der Waals surface area (Å²) >= 11 is 12.6. The fourth-order valence-electron chi connectivity index (χ4n) is 1.65. The molecule has 0 aliphatic rings. The van der Waals surface area contributed by atoms with Gasteiger partial charge in [0.05, 0.1) is 5.56 Å². The van der Waals surface area contributed by atoms with Crippen LogP contribution in [0.25, 0.3) is 11.1 Å². The predicted octanol–water partition coefficient (Wildman–Crippen LogP) is 6.55. The Labute approximate surface area is 129 Å². The maximum Gasteiger partial charge on any atom is 0.416 e. The molecule has 2 aromatic carbocycles. The third-order valence-electron chi connectivity index (χ3n) is 2.53. The lowest BCUT2D eigenvalue weighted by Gasteiger charge is -2.12. The van der Waals surface area contributed by atoms with Gasteiger partial charge in [-0.2, -0.15) is 13.2 Å². The van der Waals surface area contributed by atoms with Gasteiger partial charge in [-0.25, -0.2) is 0 Å². The molecule has 0 atom stereocenters. The van der Waals surface area contributed by atoms with Crippen molar-refractivity contribution in [3.05, 3.63) is 55.9 Å². The van der Waals surface area contributed by atoms with Gasteiger partial charge in [-0.15, -0.1) is 0 Å². The standard InChI is InChI=1S/C13H6Br2ClF3/c14-9-2-1-3-11(16)12(9)8-5-4-7(6-10(8)15)13(17,18)19/h1-6H. The molecule has 0 aromatic heterocycles. The van der Waals surface area contributed by atoms with Crippen molar-refractivity contribution in [3.63, 3.8) is 0 Å². The molecule has 2 aromatic rings. The minimum absolute atomic E-state index is 0.344. The van der Waals surface area contributed by atoms with E-state index in [4.69, 9.17) is 11.6 Å². The maximum atomic E-state index is 12.6. The zero-order valence-electron chi connectivity index (χ0n) is 9.23. The summed E-state index contributed by atoms with van der Waals surface area (Å²) in [5.41, 5.74) is 0.557. The molecule has 0 aliphatic heterocycles. The Kier molecular flexibility index (Phi) is 4.28. The van der Waals surface area contributed by atoms with E-state index in [2.05, 4.69) is 31.9 Å². The van der Waals surface area contributed by atoms with Crippen LogP contribution in [0.2, 0.25) is 5.02 Å². The van der Waals surface area contributed by atoms with Gasteiger partial charge in [-0.05, 0) is 29.8 Å². The molecule has 0 saturated heterocycles. The van der Waals surface area contributed by atoms with Crippen LogP contribution in [0, 0.1) is 0 Å². The summed E-state index contributed by atoms with van der Waals surface area (Å²) in [5.74, 6) is 0. The zero-order chi connectivity index (χ0) is 14.2. The monoisotopic (exact) mass is 412 g/mol. The SMILES string of the molecule is FC(F)(F)c1ccc(-c2c(Cl)cccc2Br)c(Br)c1. The van der Waals surface area contributed by atoms with Crippen molar-refractivity contribution in [3.8, 4) is 11.1 Å². The highest BCUT2D eigenvalue weighted by atomic mass is 79.9. The highest BCUT2D eigenvalue weighted by molar-refractivity contribution is 9.11. The van der Waals surface area contributed by atoms with Crippen LogP contribution in [-0.2, 0) is 6.18 Å². The Morgan fingerprint density at radius 2 is 1.63 bits per heavy atom. The van der Waals surface area contributed by atoms with E-state index in [1.165, 1.54) is 6.07 Å². The van der Waals surface area contributed by atoms with Gasteiger partial charge in [-0.1, -0.05) is 55.6 Å². The molecule has 0 amide bonds. The molecule has 0 aliphatic carbocycles. The molecule has 0 unspecified atom stereocenters. The van der Waals surface area contributed by atoms with Gasteiger partial charge >= 0.3 is 6.18 Å². The molecule has 0 heterocycles. The van der Waals surface area contributed by atoms with Gasteiger partial charge in [0, 0.05) is 19.5 Å². The van der Waals surface area contributed by atoms with E-state index < -0.39 is 11.7 Å². The average Bonchev–Trinajstić information content (AvgIpc) is 2.29. The first-order valence-corrected chi connectivity index (χ1v) is 7.08. The molecule has 0 bridgehead atoms. The number of alkyl halides is 3. The van der Waals surface area contributed by atoms with Gasteiger partial charge in [0.2, 0.25) is 0 Å². The van der Waals surface area contributed by atoms with Gasteiger partial charge < -0.3 is 0 Å². The molecule has 2 rings (SSSR count). The lowest BCUT2D eigenvalue weighted by atomic mass is 10.0. The van der Waals surface area contributed by atoms with Crippen LogP contribution in [-0.4, -0.2) is 0 Å². The Morgan fingerprint density at radius 1 is 0.947 bits per heavy atom. The smallest absolute Gasteiger partial charge is 0.166 e. The second-order valence-electron chi connectivity index (χ2n) is 3.79. The van der Waals surface area contributed by atoms with Gasteiger partial charge in [-0.3, -0.25) is 0 Å². The van der Waals surface area contributed by atoms with E-state index >= 15 is 0 Å². The van der Waals surface area contributed by atoms with Crippen LogP contribution in [0.4, 0.5) is 13.2 Å². The summed E-state index contributed by atoms with van der Waals surface area (Å²) in [6.07, 6.45) is -4.36. The molecular weight excluding hydrogens is 408 g/mol. The third-order valence-corrected chi connectivity index (χ3v) is 4.16. The van der Waals surface area contributed by atoms with E-state index in [9.17, 15) is 13.2 Å². The van der Waals surface area contributed by atoms with Crippen molar-refractivity contribution in [1.29, 1.82) is 0 Å².